The lowest BCUT2D eigenvalue weighted by Crippen LogP contribution is -2.46. The number of anilines is 3. The molecule has 1 saturated heterocycles. The molecular formula is C34H33Cl2FN8. The van der Waals surface area contributed by atoms with Crippen LogP contribution in [-0.2, 0) is 0 Å². The predicted octanol–water partition coefficient (Wildman–Crippen LogP) is 8.52. The summed E-state index contributed by atoms with van der Waals surface area (Å²) in [6.07, 6.45) is 5.52. The van der Waals surface area contributed by atoms with Gasteiger partial charge in [-0.3, -0.25) is 9.88 Å². The van der Waals surface area contributed by atoms with E-state index in [4.69, 9.17) is 23.2 Å². The van der Waals surface area contributed by atoms with Gasteiger partial charge < -0.3 is 10.6 Å². The molecule has 0 aliphatic carbocycles. The van der Waals surface area contributed by atoms with Gasteiger partial charge in [0.25, 0.3) is 0 Å². The third kappa shape index (κ3) is 6.74. The van der Waals surface area contributed by atoms with Crippen molar-refractivity contribution in [1.82, 2.24) is 24.9 Å². The average molecular weight is 644 g/mol. The minimum absolute atomic E-state index is 0.137. The summed E-state index contributed by atoms with van der Waals surface area (Å²) in [5, 5.41) is 27.7. The highest BCUT2D eigenvalue weighted by Crippen LogP contribution is 2.38. The number of nitrogens with one attached hydrogen (secondary N) is 2. The lowest BCUT2D eigenvalue weighted by molar-refractivity contribution is 0.0866. The molecule has 11 heteroatoms. The highest BCUT2D eigenvalue weighted by Gasteiger charge is 2.29. The summed E-state index contributed by atoms with van der Waals surface area (Å²) in [5.74, 6) is -0.351. The van der Waals surface area contributed by atoms with Crippen LogP contribution in [0.1, 0.15) is 62.5 Å². The van der Waals surface area contributed by atoms with E-state index in [-0.39, 0.29) is 17.4 Å². The van der Waals surface area contributed by atoms with Gasteiger partial charge in [0.05, 0.1) is 40.7 Å². The van der Waals surface area contributed by atoms with Crippen LogP contribution in [0.25, 0.3) is 10.9 Å². The molecule has 6 rings (SSSR count). The Labute approximate surface area is 271 Å². The van der Waals surface area contributed by atoms with E-state index >= 15 is 0 Å². The SMILES string of the molecule is CC(C)(C)N1CCC(n2cc([C@@H](Nc3cc(Cl)cc4c(Nc5ccc(F)cc5)c(C#N)cnc34)c3ccc(Cl)cc3)nn2)CC1. The largest absolute Gasteiger partial charge is 0.371 e. The van der Waals surface area contributed by atoms with E-state index in [0.717, 1.165) is 37.2 Å². The molecule has 0 amide bonds. The van der Waals surface area contributed by atoms with E-state index in [9.17, 15) is 9.65 Å². The number of likely N-dealkylation sites (tertiary alicyclic amines) is 1. The van der Waals surface area contributed by atoms with E-state index in [0.29, 0.717) is 43.6 Å². The van der Waals surface area contributed by atoms with Crippen LogP contribution in [0.3, 0.4) is 0 Å². The lowest BCUT2D eigenvalue weighted by atomic mass is 9.98. The van der Waals surface area contributed by atoms with Crippen LogP contribution in [0.5, 0.6) is 0 Å². The van der Waals surface area contributed by atoms with Gasteiger partial charge in [0.2, 0.25) is 0 Å². The number of hydrogen-bond acceptors (Lipinski definition) is 7. The Morgan fingerprint density at radius 2 is 1.71 bits per heavy atom. The van der Waals surface area contributed by atoms with Gasteiger partial charge in [-0.1, -0.05) is 40.5 Å². The Bertz CT molecular complexity index is 1850. The minimum Gasteiger partial charge on any atom is -0.371 e. The van der Waals surface area contributed by atoms with Gasteiger partial charge in [0.15, 0.2) is 0 Å². The van der Waals surface area contributed by atoms with E-state index in [1.807, 2.05) is 35.1 Å². The second-order valence-corrected chi connectivity index (χ2v) is 13.2. The van der Waals surface area contributed by atoms with Crippen molar-refractivity contribution in [3.63, 3.8) is 0 Å². The fourth-order valence-corrected chi connectivity index (χ4v) is 6.16. The molecule has 0 unspecified atom stereocenters. The van der Waals surface area contributed by atoms with Crippen LogP contribution in [0, 0.1) is 17.1 Å². The first-order valence-electron chi connectivity index (χ1n) is 14.8. The van der Waals surface area contributed by atoms with E-state index in [1.165, 1.54) is 18.3 Å². The molecule has 2 aromatic heterocycles. The lowest BCUT2D eigenvalue weighted by Gasteiger charge is -2.40. The summed E-state index contributed by atoms with van der Waals surface area (Å²) < 4.78 is 15.6. The van der Waals surface area contributed by atoms with Crippen molar-refractivity contribution in [2.75, 3.05) is 23.7 Å². The third-order valence-corrected chi connectivity index (χ3v) is 8.75. The highest BCUT2D eigenvalue weighted by molar-refractivity contribution is 6.32. The van der Waals surface area contributed by atoms with Gasteiger partial charge in [-0.25, -0.2) is 9.07 Å². The molecule has 3 aromatic carbocycles. The molecule has 3 heterocycles. The minimum atomic E-state index is -0.404. The number of fused-ring (bicyclic) bond motifs is 1. The molecule has 0 saturated carbocycles. The van der Waals surface area contributed by atoms with E-state index in [1.54, 1.807) is 24.3 Å². The molecule has 0 spiro atoms. The number of hydrogen-bond donors (Lipinski definition) is 2. The standard InChI is InChI=1S/C34H33Cl2FN8/c1-34(2,3)44-14-12-27(13-15-44)45-20-30(42-43-45)32(21-4-6-23(35)7-5-21)41-29-17-24(36)16-28-31(22(18-38)19-39-33(28)29)40-26-10-8-25(37)9-11-26/h4-11,16-17,19-20,27,32,41H,12-15H2,1-3H3,(H,39,40)/t32-/m0/s1. The summed E-state index contributed by atoms with van der Waals surface area (Å²) in [6, 6.07) is 19.2. The van der Waals surface area contributed by atoms with Crippen molar-refractivity contribution < 1.29 is 4.39 Å². The zero-order valence-corrected chi connectivity index (χ0v) is 26.7. The van der Waals surface area contributed by atoms with Crippen molar-refractivity contribution in [1.29, 1.82) is 5.26 Å². The topological polar surface area (TPSA) is 94.7 Å². The van der Waals surface area contributed by atoms with Gasteiger partial charge in [-0.2, -0.15) is 5.26 Å². The number of nitrogens with zero attached hydrogens (tertiary/aromatic N) is 6. The molecule has 1 atom stereocenters. The Balaban J connectivity index is 1.37. The van der Waals surface area contributed by atoms with Crippen molar-refractivity contribution in [2.24, 2.45) is 0 Å². The monoisotopic (exact) mass is 642 g/mol. The maximum atomic E-state index is 13.6. The zero-order chi connectivity index (χ0) is 31.7. The van der Waals surface area contributed by atoms with Crippen LogP contribution < -0.4 is 10.6 Å². The summed E-state index contributed by atoms with van der Waals surface area (Å²) in [5.41, 5.74) is 4.53. The molecule has 8 nitrogen and oxygen atoms in total. The molecule has 1 fully saturated rings. The number of piperidine rings is 1. The van der Waals surface area contributed by atoms with Crippen molar-refractivity contribution in [3.8, 4) is 6.07 Å². The smallest absolute Gasteiger partial charge is 0.123 e. The molecule has 45 heavy (non-hydrogen) atoms. The van der Waals surface area contributed by atoms with Crippen molar-refractivity contribution >= 4 is 51.2 Å². The Hall–Kier alpha value is -4.23. The molecule has 1 aliphatic heterocycles. The number of aromatic nitrogens is 4. The molecule has 5 aromatic rings. The molecule has 0 bridgehead atoms. The maximum Gasteiger partial charge on any atom is 0.123 e. The molecule has 0 radical (unpaired) electrons. The van der Waals surface area contributed by atoms with E-state index in [2.05, 4.69) is 57.7 Å². The van der Waals surface area contributed by atoms with Crippen LogP contribution in [0.4, 0.5) is 21.5 Å². The fourth-order valence-electron chi connectivity index (χ4n) is 5.82. The summed E-state index contributed by atoms with van der Waals surface area (Å²) >= 11 is 12.9. The van der Waals surface area contributed by atoms with Gasteiger partial charge >= 0.3 is 0 Å². The fraction of sp³-hybridized carbons (Fsp3) is 0.294. The first-order valence-corrected chi connectivity index (χ1v) is 15.6. The number of pyridine rings is 1. The third-order valence-electron chi connectivity index (χ3n) is 8.28. The van der Waals surface area contributed by atoms with Crippen LogP contribution >= 0.6 is 23.2 Å². The first kappa shape index (κ1) is 30.8. The number of rotatable bonds is 7. The average Bonchev–Trinajstić information content (AvgIpc) is 3.51. The molecule has 230 valence electrons. The first-order chi connectivity index (χ1) is 21.6. The quantitative estimate of drug-likeness (QED) is 0.184. The second kappa shape index (κ2) is 12.6. The second-order valence-electron chi connectivity index (χ2n) is 12.3. The summed E-state index contributed by atoms with van der Waals surface area (Å²) in [6.45, 7) is 8.75. The number of nitriles is 1. The Morgan fingerprint density at radius 3 is 2.38 bits per heavy atom. The van der Waals surface area contributed by atoms with Gasteiger partial charge in [0, 0.05) is 45.9 Å². The van der Waals surface area contributed by atoms with Crippen molar-refractivity contribution in [3.05, 3.63) is 106 Å². The molecular weight excluding hydrogens is 610 g/mol. The van der Waals surface area contributed by atoms with Crippen LogP contribution in [0.2, 0.25) is 10.0 Å². The van der Waals surface area contributed by atoms with Crippen LogP contribution in [-0.4, -0.2) is 43.5 Å². The predicted molar refractivity (Wildman–Crippen MR) is 178 cm³/mol. The normalized spacial score (nSPS) is 15.1. The van der Waals surface area contributed by atoms with Crippen molar-refractivity contribution in [2.45, 2.75) is 51.2 Å². The molecule has 2 N–H and O–H groups in total. The Morgan fingerprint density at radius 1 is 1.00 bits per heavy atom. The maximum absolute atomic E-state index is 13.6. The van der Waals surface area contributed by atoms with Gasteiger partial charge in [0.1, 0.15) is 17.6 Å². The zero-order valence-electron chi connectivity index (χ0n) is 25.2. The Kier molecular flexibility index (Phi) is 8.65. The highest BCUT2D eigenvalue weighted by atomic mass is 35.5. The number of benzene rings is 3. The number of halogens is 3. The van der Waals surface area contributed by atoms with Gasteiger partial charge in [-0.15, -0.1) is 5.10 Å². The van der Waals surface area contributed by atoms with Crippen LogP contribution in [0.15, 0.2) is 73.1 Å². The summed E-state index contributed by atoms with van der Waals surface area (Å²) in [7, 11) is 0. The van der Waals surface area contributed by atoms with Gasteiger partial charge in [-0.05, 0) is 87.7 Å². The summed E-state index contributed by atoms with van der Waals surface area (Å²) in [4.78, 5) is 7.17. The molecule has 1 aliphatic rings. The van der Waals surface area contributed by atoms with E-state index < -0.39 is 6.04 Å².